The number of rotatable bonds is 15. The summed E-state index contributed by atoms with van der Waals surface area (Å²) in [6, 6.07) is 107. The van der Waals surface area contributed by atoms with Crippen LogP contribution in [0.5, 0.6) is 0 Å². The second kappa shape index (κ2) is 25.8. The fraction of sp³-hybridized carbons (Fsp3) is 0.196. The molecule has 0 radical (unpaired) electrons. The molecule has 0 bridgehead atoms. The molecule has 0 spiro atoms. The van der Waals surface area contributed by atoms with E-state index in [1.54, 1.807) is 0 Å². The van der Waals surface area contributed by atoms with Crippen LogP contribution < -0.4 is 9.80 Å². The first-order valence-corrected chi connectivity index (χ1v) is 36.5. The zero-order chi connectivity index (χ0) is 68.8. The summed E-state index contributed by atoms with van der Waals surface area (Å²) in [4.78, 5) is 5.18. The number of benzene rings is 13. The third-order valence-corrected chi connectivity index (χ3v) is 21.6. The maximum atomic E-state index is 2.61. The molecular formula is C97H89N3. The van der Waals surface area contributed by atoms with E-state index in [2.05, 4.69) is 377 Å². The Balaban J connectivity index is 1.03. The average molecular weight is 1300 g/mol. The summed E-state index contributed by atoms with van der Waals surface area (Å²) in [7, 11) is 0. The molecule has 2 aliphatic heterocycles. The monoisotopic (exact) mass is 1300 g/mol. The zero-order valence-corrected chi connectivity index (χ0v) is 59.9. The van der Waals surface area contributed by atoms with Crippen molar-refractivity contribution in [3.8, 4) is 72.4 Å². The maximum absolute atomic E-state index is 2.61. The van der Waals surface area contributed by atoms with Crippen molar-refractivity contribution in [2.75, 3.05) is 9.80 Å². The van der Waals surface area contributed by atoms with E-state index in [9.17, 15) is 0 Å². The van der Waals surface area contributed by atoms with E-state index in [1.807, 2.05) is 0 Å². The summed E-state index contributed by atoms with van der Waals surface area (Å²) < 4.78 is 2.61. The Morgan fingerprint density at radius 3 is 0.860 bits per heavy atom. The number of fused-ring (bicyclic) bond motifs is 7. The topological polar surface area (TPSA) is 11.4 Å². The van der Waals surface area contributed by atoms with Gasteiger partial charge in [0.15, 0.2) is 0 Å². The highest BCUT2D eigenvalue weighted by molar-refractivity contribution is 6.13. The van der Waals surface area contributed by atoms with Crippen LogP contribution in [0.2, 0.25) is 0 Å². The van der Waals surface area contributed by atoms with Crippen molar-refractivity contribution in [2.24, 2.45) is 0 Å². The first kappa shape index (κ1) is 64.0. The third kappa shape index (κ3) is 11.2. The van der Waals surface area contributed by atoms with Crippen LogP contribution in [0.25, 0.3) is 94.3 Å². The minimum Gasteiger partial charge on any atom is -0.310 e. The minimum absolute atomic E-state index is 0.154. The lowest BCUT2D eigenvalue weighted by molar-refractivity contribution is 0.807. The Labute approximate surface area is 592 Å². The maximum Gasteiger partial charge on any atom is 0.0545 e. The van der Waals surface area contributed by atoms with E-state index in [-0.39, 0.29) is 5.92 Å². The fourth-order valence-electron chi connectivity index (χ4n) is 16.4. The first-order valence-electron chi connectivity index (χ1n) is 36.5. The molecule has 0 amide bonds. The number of nitrogens with zero attached hydrogens (tertiary/aromatic N) is 3. The lowest BCUT2D eigenvalue weighted by Gasteiger charge is -2.45. The summed E-state index contributed by atoms with van der Waals surface area (Å²) in [5, 5.41) is 2.48. The van der Waals surface area contributed by atoms with E-state index in [4.69, 9.17) is 0 Å². The molecule has 0 saturated carbocycles. The van der Waals surface area contributed by atoms with Crippen molar-refractivity contribution >= 4 is 55.9 Å². The van der Waals surface area contributed by atoms with Gasteiger partial charge < -0.3 is 14.4 Å². The molecule has 0 aliphatic carbocycles. The highest BCUT2D eigenvalue weighted by Crippen LogP contribution is 2.62. The second-order valence-corrected chi connectivity index (χ2v) is 30.0. The minimum atomic E-state index is -0.154. The van der Waals surface area contributed by atoms with Gasteiger partial charge in [-0.05, 0) is 232 Å². The molecule has 16 rings (SSSR count). The molecule has 100 heavy (non-hydrogen) atoms. The highest BCUT2D eigenvalue weighted by Gasteiger charge is 2.42. The Morgan fingerprint density at radius 1 is 0.240 bits per heavy atom. The standard InChI is InChI=1S/C97H89N3/c1-59(2)75-53-80(61(5)6)94(81(54-75)62(7)8)73-39-47-88-84(51-73)85-52-74(95-82(63(9)10)55-76(60(3)4)56-83(95)64(11)12)40-48-89(85)100(88)79-57-92-97-93(58-79)99(78-43-35-70(36-44-78)66-27-19-14-20-28-66)91-46-38-72(68-31-23-16-24-32-68)50-87(91)96(97)86-49-71(67-29-21-15-22-30-67)37-45-90(86)98(92)77-41-33-69(34-42-77)65-25-17-13-18-26-65/h13-64,96H,1-12H3. The number of hydrogen-bond acceptors (Lipinski definition) is 2. The van der Waals surface area contributed by atoms with E-state index in [0.29, 0.717) is 35.5 Å². The van der Waals surface area contributed by atoms with Crippen molar-refractivity contribution in [1.82, 2.24) is 4.57 Å². The third-order valence-electron chi connectivity index (χ3n) is 21.6. The molecule has 0 atom stereocenters. The number of hydrogen-bond donors (Lipinski definition) is 0. The summed E-state index contributed by atoms with van der Waals surface area (Å²) >= 11 is 0. The lowest BCUT2D eigenvalue weighted by Crippen LogP contribution is -2.29. The predicted molar refractivity (Wildman–Crippen MR) is 428 cm³/mol. The SMILES string of the molecule is CC(C)c1cc(C(C)C)c(-c2ccc3c(c2)c2cc(-c4c(C(C)C)cc(C(C)C)cc4C(C)C)ccc2n3-c2cc3c4c(c2)N(c2ccc(-c5ccccc5)cc2)c2ccc(-c5ccccc5)cc2C4c2cc(-c4ccccc4)ccc2N3c2ccc(-c3ccccc3)cc2)c(C(C)C)c1. The molecule has 0 fully saturated rings. The van der Waals surface area contributed by atoms with Gasteiger partial charge in [-0.1, -0.05) is 277 Å². The molecule has 0 N–H and O–H groups in total. The molecule has 0 unspecified atom stereocenters. The van der Waals surface area contributed by atoms with Gasteiger partial charge in [0.25, 0.3) is 0 Å². The zero-order valence-electron chi connectivity index (χ0n) is 59.9. The van der Waals surface area contributed by atoms with E-state index < -0.39 is 0 Å². The molecule has 3 nitrogen and oxygen atoms in total. The summed E-state index contributed by atoms with van der Waals surface area (Å²) in [6.07, 6.45) is 0. The average Bonchev–Trinajstić information content (AvgIpc) is 0.883. The van der Waals surface area contributed by atoms with E-state index in [0.717, 1.165) is 39.8 Å². The van der Waals surface area contributed by atoms with Crippen molar-refractivity contribution in [3.05, 3.63) is 329 Å². The molecular weight excluding hydrogens is 1210 g/mol. The Hall–Kier alpha value is -10.7. The number of anilines is 6. The molecule has 2 aliphatic rings. The summed E-state index contributed by atoms with van der Waals surface area (Å²) in [6.45, 7) is 28.4. The van der Waals surface area contributed by atoms with Gasteiger partial charge in [-0.25, -0.2) is 0 Å². The molecule has 0 saturated heterocycles. The Bertz CT molecular complexity index is 5010. The van der Waals surface area contributed by atoms with Crippen LogP contribution >= 0.6 is 0 Å². The van der Waals surface area contributed by atoms with Crippen LogP contribution in [0.15, 0.2) is 279 Å². The molecule has 13 aromatic carbocycles. The predicted octanol–water partition coefficient (Wildman–Crippen LogP) is 28.3. The van der Waals surface area contributed by atoms with Gasteiger partial charge in [-0.3, -0.25) is 0 Å². The fourth-order valence-corrected chi connectivity index (χ4v) is 16.4. The van der Waals surface area contributed by atoms with E-state index >= 15 is 0 Å². The van der Waals surface area contributed by atoms with Crippen LogP contribution in [0, 0.1) is 0 Å². The van der Waals surface area contributed by atoms with Gasteiger partial charge in [-0.2, -0.15) is 0 Å². The Kier molecular flexibility index (Phi) is 16.5. The van der Waals surface area contributed by atoms with Gasteiger partial charge in [0.05, 0.1) is 39.5 Å². The van der Waals surface area contributed by atoms with Gasteiger partial charge in [0.2, 0.25) is 0 Å². The Morgan fingerprint density at radius 2 is 0.540 bits per heavy atom. The van der Waals surface area contributed by atoms with Gasteiger partial charge in [0.1, 0.15) is 0 Å². The van der Waals surface area contributed by atoms with Crippen LogP contribution in [-0.2, 0) is 0 Å². The summed E-state index contributed by atoms with van der Waals surface area (Å²) in [5.41, 5.74) is 37.3. The molecule has 492 valence electrons. The molecule has 14 aromatic rings. The van der Waals surface area contributed by atoms with Crippen molar-refractivity contribution in [1.29, 1.82) is 0 Å². The van der Waals surface area contributed by atoms with Crippen molar-refractivity contribution in [3.63, 3.8) is 0 Å². The van der Waals surface area contributed by atoms with Gasteiger partial charge in [-0.15, -0.1) is 0 Å². The van der Waals surface area contributed by atoms with Gasteiger partial charge >= 0.3 is 0 Å². The largest absolute Gasteiger partial charge is 0.310 e. The van der Waals surface area contributed by atoms with Crippen LogP contribution in [0.3, 0.4) is 0 Å². The normalized spacial score (nSPS) is 12.9. The van der Waals surface area contributed by atoms with Crippen LogP contribution in [-0.4, -0.2) is 4.57 Å². The van der Waals surface area contributed by atoms with Crippen molar-refractivity contribution in [2.45, 2.75) is 125 Å². The van der Waals surface area contributed by atoms with Gasteiger partial charge in [0, 0.05) is 33.6 Å². The molecule has 1 aromatic heterocycles. The second-order valence-electron chi connectivity index (χ2n) is 30.0. The van der Waals surface area contributed by atoms with Crippen molar-refractivity contribution < 1.29 is 0 Å². The highest BCUT2D eigenvalue weighted by atomic mass is 15.2. The summed E-state index contributed by atoms with van der Waals surface area (Å²) in [5.74, 6) is 1.96. The van der Waals surface area contributed by atoms with E-state index in [1.165, 1.54) is 139 Å². The first-order chi connectivity index (χ1) is 48.6. The van der Waals surface area contributed by atoms with Crippen LogP contribution in [0.1, 0.15) is 175 Å². The smallest absolute Gasteiger partial charge is 0.0545 e. The quantitative estimate of drug-likeness (QED) is 0.101. The molecule has 3 heteroatoms. The van der Waals surface area contributed by atoms with Crippen LogP contribution in [0.4, 0.5) is 34.1 Å². The molecule has 3 heterocycles. The lowest BCUT2D eigenvalue weighted by atomic mass is 9.74. The number of aromatic nitrogens is 1.